The van der Waals surface area contributed by atoms with Crippen molar-refractivity contribution < 1.29 is 18.7 Å². The Morgan fingerprint density at radius 1 is 1.06 bits per heavy atom. The van der Waals surface area contributed by atoms with Gasteiger partial charge in [-0.3, -0.25) is 10.1 Å². The van der Waals surface area contributed by atoms with Crippen LogP contribution in [0.4, 0.5) is 21.9 Å². The molecule has 2 amide bonds. The average molecular weight is 463 g/mol. The summed E-state index contributed by atoms with van der Waals surface area (Å²) in [6.45, 7) is 5.40. The predicted octanol–water partition coefficient (Wildman–Crippen LogP) is 4.96. The minimum atomic E-state index is -0.645. The number of rotatable bonds is 6. The lowest BCUT2D eigenvalue weighted by Crippen LogP contribution is -2.31. The van der Waals surface area contributed by atoms with Gasteiger partial charge >= 0.3 is 6.09 Å². The van der Waals surface area contributed by atoms with Crippen LogP contribution in [-0.4, -0.2) is 50.1 Å². The number of carbonyl (C=O) groups excluding carboxylic acids is 2. The molecule has 0 radical (unpaired) electrons. The number of carbonyl (C=O) groups is 2. The van der Waals surface area contributed by atoms with E-state index in [0.29, 0.717) is 28.7 Å². The number of ether oxygens (including phenoxy) is 1. The van der Waals surface area contributed by atoms with Crippen LogP contribution in [0.5, 0.6) is 5.95 Å². The summed E-state index contributed by atoms with van der Waals surface area (Å²) < 4.78 is 11.0. The minimum absolute atomic E-state index is 0.0604. The fourth-order valence-corrected chi connectivity index (χ4v) is 4.07. The summed E-state index contributed by atoms with van der Waals surface area (Å²) >= 11 is 0. The fraction of sp³-hybridized carbons (Fsp3) is 0.308. The number of likely N-dealkylation sites (N-methyl/N-ethyl adjacent to an activating group) is 1. The van der Waals surface area contributed by atoms with E-state index in [-0.39, 0.29) is 11.9 Å². The average Bonchev–Trinajstić information content (AvgIpc) is 3.44. The summed E-state index contributed by atoms with van der Waals surface area (Å²) in [7, 11) is 4.22. The zero-order valence-electron chi connectivity index (χ0n) is 19.9. The third kappa shape index (κ3) is 5.58. The third-order valence-electron chi connectivity index (χ3n) is 5.90. The Morgan fingerprint density at radius 3 is 2.50 bits per heavy atom. The molecule has 2 N–H and O–H groups in total. The van der Waals surface area contributed by atoms with Crippen molar-refractivity contribution in [2.45, 2.75) is 26.3 Å². The van der Waals surface area contributed by atoms with E-state index >= 15 is 0 Å². The Balaban J connectivity index is 1.37. The Hall–Kier alpha value is -3.78. The second-order valence-corrected chi connectivity index (χ2v) is 8.76. The zero-order chi connectivity index (χ0) is 24.2. The SMILES string of the molecule is CC(=O)Nc1cc(C)ccc1-c1ccc(OC(=O)Nc2ccc(N3CCC(N(C)C)C3)cc2)o1. The van der Waals surface area contributed by atoms with Crippen molar-refractivity contribution in [3.05, 3.63) is 60.2 Å². The van der Waals surface area contributed by atoms with Crippen molar-refractivity contribution in [3.8, 4) is 17.3 Å². The summed E-state index contributed by atoms with van der Waals surface area (Å²) in [6.07, 6.45) is 0.493. The number of amides is 2. The van der Waals surface area contributed by atoms with Crippen molar-refractivity contribution in [2.75, 3.05) is 42.7 Å². The number of hydrogen-bond acceptors (Lipinski definition) is 6. The molecule has 1 saturated heterocycles. The van der Waals surface area contributed by atoms with Crippen LogP contribution in [0, 0.1) is 6.92 Å². The second kappa shape index (κ2) is 10.0. The first kappa shape index (κ1) is 23.4. The van der Waals surface area contributed by atoms with Crippen LogP contribution in [0.3, 0.4) is 0 Å². The molecule has 0 aliphatic carbocycles. The maximum Gasteiger partial charge on any atom is 0.419 e. The predicted molar refractivity (Wildman–Crippen MR) is 134 cm³/mol. The van der Waals surface area contributed by atoms with Gasteiger partial charge in [-0.15, -0.1) is 0 Å². The van der Waals surface area contributed by atoms with Gasteiger partial charge in [-0.2, -0.15) is 0 Å². The third-order valence-corrected chi connectivity index (χ3v) is 5.90. The summed E-state index contributed by atoms with van der Waals surface area (Å²) in [5, 5.41) is 5.53. The molecule has 1 unspecified atom stereocenters. The Labute approximate surface area is 199 Å². The highest BCUT2D eigenvalue weighted by Gasteiger charge is 2.24. The molecule has 2 heterocycles. The van der Waals surface area contributed by atoms with Gasteiger partial charge in [0.1, 0.15) is 5.76 Å². The molecule has 2 aromatic carbocycles. The number of furan rings is 1. The lowest BCUT2D eigenvalue weighted by atomic mass is 10.1. The van der Waals surface area contributed by atoms with Crippen molar-refractivity contribution in [1.29, 1.82) is 0 Å². The zero-order valence-corrected chi connectivity index (χ0v) is 19.9. The van der Waals surface area contributed by atoms with Gasteiger partial charge in [-0.05, 0) is 75.5 Å². The highest BCUT2D eigenvalue weighted by atomic mass is 16.6. The van der Waals surface area contributed by atoms with Gasteiger partial charge in [0.2, 0.25) is 5.91 Å². The minimum Gasteiger partial charge on any atom is -0.425 e. The van der Waals surface area contributed by atoms with E-state index < -0.39 is 6.09 Å². The van der Waals surface area contributed by atoms with Crippen LogP contribution in [-0.2, 0) is 4.79 Å². The smallest absolute Gasteiger partial charge is 0.419 e. The van der Waals surface area contributed by atoms with Gasteiger partial charge in [-0.1, -0.05) is 6.07 Å². The molecule has 34 heavy (non-hydrogen) atoms. The molecule has 0 spiro atoms. The standard InChI is InChI=1S/C26H30N4O4/c1-17-5-10-22(23(15-17)27-18(2)31)24-11-12-25(33-24)34-26(32)28-19-6-8-20(9-7-19)30-14-13-21(16-30)29(3)4/h5-12,15,21H,13-14,16H2,1-4H3,(H,27,31)(H,28,32). The van der Waals surface area contributed by atoms with Gasteiger partial charge in [0.15, 0.2) is 0 Å². The number of nitrogens with zero attached hydrogens (tertiary/aromatic N) is 2. The molecular weight excluding hydrogens is 432 g/mol. The molecule has 1 aliphatic rings. The molecule has 4 rings (SSSR count). The first-order valence-corrected chi connectivity index (χ1v) is 11.3. The van der Waals surface area contributed by atoms with Crippen LogP contribution in [0.15, 0.2) is 59.0 Å². The fourth-order valence-electron chi connectivity index (χ4n) is 4.07. The maximum atomic E-state index is 12.4. The molecule has 0 bridgehead atoms. The van der Waals surface area contributed by atoms with Crippen molar-refractivity contribution in [2.24, 2.45) is 0 Å². The van der Waals surface area contributed by atoms with Gasteiger partial charge < -0.3 is 24.3 Å². The van der Waals surface area contributed by atoms with E-state index in [1.54, 1.807) is 12.1 Å². The Kier molecular flexibility index (Phi) is 6.88. The molecule has 3 aromatic rings. The van der Waals surface area contributed by atoms with E-state index in [4.69, 9.17) is 9.15 Å². The molecule has 1 fully saturated rings. The van der Waals surface area contributed by atoms with E-state index in [9.17, 15) is 9.59 Å². The number of benzene rings is 2. The first-order valence-electron chi connectivity index (χ1n) is 11.3. The molecule has 0 saturated carbocycles. The summed E-state index contributed by atoms with van der Waals surface area (Å²) in [6, 6.07) is 17.2. The summed E-state index contributed by atoms with van der Waals surface area (Å²) in [4.78, 5) is 28.5. The van der Waals surface area contributed by atoms with Crippen molar-refractivity contribution >= 4 is 29.1 Å². The number of aryl methyl sites for hydroxylation is 1. The van der Waals surface area contributed by atoms with Gasteiger partial charge in [-0.25, -0.2) is 4.79 Å². The summed E-state index contributed by atoms with van der Waals surface area (Å²) in [5.74, 6) is 0.366. The molecule has 8 nitrogen and oxygen atoms in total. The van der Waals surface area contributed by atoms with E-state index in [1.165, 1.54) is 6.92 Å². The largest absolute Gasteiger partial charge is 0.425 e. The van der Waals surface area contributed by atoms with Crippen LogP contribution >= 0.6 is 0 Å². The molecule has 8 heteroatoms. The van der Waals surface area contributed by atoms with E-state index in [0.717, 1.165) is 30.8 Å². The van der Waals surface area contributed by atoms with Gasteiger partial charge in [0.25, 0.3) is 5.95 Å². The topological polar surface area (TPSA) is 87.0 Å². The lowest BCUT2D eigenvalue weighted by molar-refractivity contribution is -0.114. The van der Waals surface area contributed by atoms with Crippen molar-refractivity contribution in [1.82, 2.24) is 4.90 Å². The highest BCUT2D eigenvalue weighted by Crippen LogP contribution is 2.33. The molecule has 1 aliphatic heterocycles. The van der Waals surface area contributed by atoms with Gasteiger partial charge in [0, 0.05) is 49.1 Å². The van der Waals surface area contributed by atoms with Crippen LogP contribution in [0.2, 0.25) is 0 Å². The normalized spacial score (nSPS) is 15.4. The van der Waals surface area contributed by atoms with E-state index in [2.05, 4.69) is 34.5 Å². The van der Waals surface area contributed by atoms with Gasteiger partial charge in [0.05, 0.1) is 5.69 Å². The monoisotopic (exact) mass is 462 g/mol. The van der Waals surface area contributed by atoms with Crippen LogP contribution < -0.4 is 20.3 Å². The Bertz CT molecular complexity index is 1170. The van der Waals surface area contributed by atoms with Crippen LogP contribution in [0.25, 0.3) is 11.3 Å². The van der Waals surface area contributed by atoms with Crippen molar-refractivity contribution in [3.63, 3.8) is 0 Å². The quantitative estimate of drug-likeness (QED) is 0.538. The van der Waals surface area contributed by atoms with Crippen LogP contribution in [0.1, 0.15) is 18.9 Å². The lowest BCUT2D eigenvalue weighted by Gasteiger charge is -2.22. The number of nitrogens with one attached hydrogen (secondary N) is 2. The summed E-state index contributed by atoms with van der Waals surface area (Å²) in [5.41, 5.74) is 4.10. The molecular formula is C26H30N4O4. The second-order valence-electron chi connectivity index (χ2n) is 8.76. The number of anilines is 3. The Morgan fingerprint density at radius 2 is 1.82 bits per heavy atom. The highest BCUT2D eigenvalue weighted by molar-refractivity contribution is 5.93. The molecule has 178 valence electrons. The maximum absolute atomic E-state index is 12.4. The molecule has 1 aromatic heterocycles. The van der Waals surface area contributed by atoms with E-state index in [1.807, 2.05) is 49.4 Å². The molecule has 1 atom stereocenters. The number of hydrogen-bond donors (Lipinski definition) is 2. The first-order chi connectivity index (χ1) is 16.3.